The second-order valence-corrected chi connectivity index (χ2v) is 15.6. The molecule has 0 aromatic rings. The first-order valence-corrected chi connectivity index (χ1v) is 13.1. The van der Waals surface area contributed by atoms with Crippen LogP contribution in [0, 0.1) is 0 Å². The Bertz CT molecular complexity index is 205. The van der Waals surface area contributed by atoms with E-state index in [1.807, 2.05) is 0 Å². The van der Waals surface area contributed by atoms with Crippen LogP contribution in [0.25, 0.3) is 0 Å². The van der Waals surface area contributed by atoms with Gasteiger partial charge in [-0.25, -0.2) is 0 Å². The number of nitrogens with zero attached hydrogens (tertiary/aromatic N) is 2. The first-order chi connectivity index (χ1) is 7.33. The molecule has 0 amide bonds. The highest BCUT2D eigenvalue weighted by molar-refractivity contribution is 6.83. The Morgan fingerprint density at radius 3 is 1.31 bits per heavy atom. The summed E-state index contributed by atoms with van der Waals surface area (Å²) in [7, 11) is -2.27. The van der Waals surface area contributed by atoms with Gasteiger partial charge in [0.1, 0.15) is 16.5 Å². The van der Waals surface area contributed by atoms with Gasteiger partial charge in [0.05, 0.1) is 0 Å². The van der Waals surface area contributed by atoms with Gasteiger partial charge in [-0.2, -0.15) is 0 Å². The summed E-state index contributed by atoms with van der Waals surface area (Å²) < 4.78 is 5.73. The lowest BCUT2D eigenvalue weighted by Crippen LogP contribution is -2.72. The highest BCUT2D eigenvalue weighted by Crippen LogP contribution is 2.25. The van der Waals surface area contributed by atoms with E-state index in [0.717, 1.165) is 0 Å². The van der Waals surface area contributed by atoms with Gasteiger partial charge in [-0.1, -0.05) is 40.0 Å². The van der Waals surface area contributed by atoms with Crippen molar-refractivity contribution < 1.29 is 0 Å². The summed E-state index contributed by atoms with van der Waals surface area (Å²) in [6.45, 7) is 17.5. The van der Waals surface area contributed by atoms with Crippen molar-refractivity contribution in [1.29, 1.82) is 0 Å². The molecule has 1 saturated heterocycles. The average molecular weight is 259 g/mol. The summed E-state index contributed by atoms with van der Waals surface area (Å²) in [6, 6.07) is 0. The lowest BCUT2D eigenvalue weighted by Gasteiger charge is -2.53. The molecule has 1 aliphatic rings. The molecule has 0 unspecified atom stereocenters. The lowest BCUT2D eigenvalue weighted by atomic mass is 10.5. The Morgan fingerprint density at radius 1 is 0.750 bits per heavy atom. The number of rotatable bonds is 4. The monoisotopic (exact) mass is 258 g/mol. The van der Waals surface area contributed by atoms with Crippen LogP contribution >= 0.6 is 0 Å². The van der Waals surface area contributed by atoms with Crippen LogP contribution in [0.5, 0.6) is 0 Å². The fourth-order valence-electron chi connectivity index (χ4n) is 2.87. The molecule has 0 N–H and O–H groups in total. The molecule has 0 radical (unpaired) electrons. The molecular weight excluding hydrogens is 228 g/mol. The highest BCUT2D eigenvalue weighted by atomic mass is 28.4. The van der Waals surface area contributed by atoms with Crippen molar-refractivity contribution in [3.05, 3.63) is 0 Å². The molecule has 0 bridgehead atoms. The summed E-state index contributed by atoms with van der Waals surface area (Å²) in [4.78, 5) is 0. The predicted molar refractivity (Wildman–Crippen MR) is 78.7 cm³/mol. The van der Waals surface area contributed by atoms with Gasteiger partial charge in [-0.3, -0.25) is 0 Å². The molecule has 0 saturated carbocycles. The van der Waals surface area contributed by atoms with E-state index in [2.05, 4.69) is 49.2 Å². The topological polar surface area (TPSA) is 6.48 Å². The van der Waals surface area contributed by atoms with Gasteiger partial charge in [0.25, 0.3) is 0 Å². The van der Waals surface area contributed by atoms with Crippen molar-refractivity contribution in [2.75, 3.05) is 25.4 Å². The molecular formula is C12H30N2Si2. The van der Waals surface area contributed by atoms with Crippen LogP contribution in [0.15, 0.2) is 0 Å². The zero-order chi connectivity index (χ0) is 12.4. The first kappa shape index (κ1) is 14.4. The summed E-state index contributed by atoms with van der Waals surface area (Å²) in [5, 5.41) is 0. The molecule has 1 aliphatic heterocycles. The van der Waals surface area contributed by atoms with Gasteiger partial charge in [0, 0.05) is 0 Å². The van der Waals surface area contributed by atoms with Gasteiger partial charge < -0.3 is 9.13 Å². The molecule has 0 atom stereocenters. The summed E-state index contributed by atoms with van der Waals surface area (Å²) in [6.07, 6.45) is 5.43. The van der Waals surface area contributed by atoms with Crippen molar-refractivity contribution in [2.24, 2.45) is 0 Å². The molecule has 1 fully saturated rings. The van der Waals surface area contributed by atoms with E-state index in [4.69, 9.17) is 0 Å². The standard InChI is InChI=1S/C12H30N2Si2/c1-7-9-13-11-16(5,6)14(10-8-2)12-15(13,3)4/h7-12H2,1-6H3. The maximum atomic E-state index is 2.87. The van der Waals surface area contributed by atoms with Gasteiger partial charge in [0.2, 0.25) is 0 Å². The molecule has 1 rings (SSSR count). The molecule has 2 nitrogen and oxygen atoms in total. The minimum Gasteiger partial charge on any atom is -0.324 e. The van der Waals surface area contributed by atoms with Crippen LogP contribution in [-0.4, -0.2) is 51.0 Å². The maximum Gasteiger partial charge on any atom is 0.135 e. The zero-order valence-corrected chi connectivity index (χ0v) is 14.1. The van der Waals surface area contributed by atoms with E-state index < -0.39 is 16.5 Å². The van der Waals surface area contributed by atoms with E-state index in [9.17, 15) is 0 Å². The van der Waals surface area contributed by atoms with Gasteiger partial charge in [-0.15, -0.1) is 0 Å². The Hall–Kier alpha value is 0.354. The summed E-state index contributed by atoms with van der Waals surface area (Å²) in [5.41, 5.74) is 0. The minimum atomic E-state index is -1.14. The molecule has 4 heteroatoms. The van der Waals surface area contributed by atoms with Crippen LogP contribution in [-0.2, 0) is 0 Å². The largest absolute Gasteiger partial charge is 0.324 e. The molecule has 0 aliphatic carbocycles. The molecule has 1 heterocycles. The maximum absolute atomic E-state index is 2.87. The van der Waals surface area contributed by atoms with Gasteiger partial charge >= 0.3 is 0 Å². The van der Waals surface area contributed by atoms with E-state index >= 15 is 0 Å². The third kappa shape index (κ3) is 3.18. The van der Waals surface area contributed by atoms with E-state index in [-0.39, 0.29) is 0 Å². The highest BCUT2D eigenvalue weighted by Gasteiger charge is 2.44. The fraction of sp³-hybridized carbons (Fsp3) is 1.00. The number of hydrogen-bond donors (Lipinski definition) is 0. The van der Waals surface area contributed by atoms with Gasteiger partial charge in [0.15, 0.2) is 0 Å². The van der Waals surface area contributed by atoms with E-state index in [1.54, 1.807) is 0 Å². The Kier molecular flexibility index (Phi) is 4.81. The minimum absolute atomic E-state index is 1.14. The van der Waals surface area contributed by atoms with Crippen molar-refractivity contribution in [2.45, 2.75) is 52.9 Å². The SMILES string of the molecule is CCCN1C[Si](C)(C)N(CCC)C[Si]1(C)C. The average Bonchev–Trinajstić information content (AvgIpc) is 2.14. The Morgan fingerprint density at radius 2 is 1.06 bits per heavy atom. The second kappa shape index (κ2) is 5.33. The van der Waals surface area contributed by atoms with Crippen LogP contribution in [0.4, 0.5) is 0 Å². The fourth-order valence-corrected chi connectivity index (χ4v) is 12.9. The molecule has 96 valence electrons. The summed E-state index contributed by atoms with van der Waals surface area (Å²) in [5.74, 6) is 0. The van der Waals surface area contributed by atoms with Crippen LogP contribution < -0.4 is 0 Å². The number of hydrogen-bond acceptors (Lipinski definition) is 2. The van der Waals surface area contributed by atoms with Crippen LogP contribution in [0.3, 0.4) is 0 Å². The van der Waals surface area contributed by atoms with Crippen LogP contribution in [0.2, 0.25) is 26.2 Å². The first-order valence-electron chi connectivity index (χ1n) is 6.83. The molecule has 16 heavy (non-hydrogen) atoms. The summed E-state index contributed by atoms with van der Waals surface area (Å²) >= 11 is 0. The molecule has 0 aromatic heterocycles. The van der Waals surface area contributed by atoms with Crippen molar-refractivity contribution in [1.82, 2.24) is 9.13 Å². The van der Waals surface area contributed by atoms with Crippen molar-refractivity contribution in [3.8, 4) is 0 Å². The third-order valence-corrected chi connectivity index (χ3v) is 11.0. The quantitative estimate of drug-likeness (QED) is 0.716. The molecule has 0 aromatic carbocycles. The predicted octanol–water partition coefficient (Wildman–Crippen LogP) is 2.91. The van der Waals surface area contributed by atoms with E-state index in [0.29, 0.717) is 0 Å². The zero-order valence-electron chi connectivity index (χ0n) is 12.1. The van der Waals surface area contributed by atoms with Crippen molar-refractivity contribution >= 4 is 16.5 Å². The Balaban J connectivity index is 2.77. The van der Waals surface area contributed by atoms with Gasteiger partial charge in [-0.05, 0) is 38.3 Å². The Labute approximate surface area is 104 Å². The smallest absolute Gasteiger partial charge is 0.135 e. The van der Waals surface area contributed by atoms with Crippen molar-refractivity contribution in [3.63, 3.8) is 0 Å². The molecule has 0 spiro atoms. The van der Waals surface area contributed by atoms with E-state index in [1.165, 1.54) is 38.3 Å². The lowest BCUT2D eigenvalue weighted by molar-refractivity contribution is 0.370. The second-order valence-electron chi connectivity index (χ2n) is 6.47. The normalized spacial score (nSPS) is 25.9. The third-order valence-electron chi connectivity index (χ3n) is 3.85. The van der Waals surface area contributed by atoms with Crippen LogP contribution in [0.1, 0.15) is 26.7 Å².